The van der Waals surface area contributed by atoms with Gasteiger partial charge in [-0.1, -0.05) is 36.4 Å². The molecule has 0 atom stereocenters. The van der Waals surface area contributed by atoms with E-state index in [0.29, 0.717) is 6.54 Å². The molecule has 0 bridgehead atoms. The van der Waals surface area contributed by atoms with Gasteiger partial charge in [0.15, 0.2) is 0 Å². The van der Waals surface area contributed by atoms with Gasteiger partial charge in [-0.15, -0.1) is 0 Å². The molecule has 4 heteroatoms. The van der Waals surface area contributed by atoms with Gasteiger partial charge in [0.1, 0.15) is 0 Å². The average Bonchev–Trinajstić information content (AvgIpc) is 2.33. The van der Waals surface area contributed by atoms with Crippen LogP contribution in [0.2, 0.25) is 0 Å². The van der Waals surface area contributed by atoms with Gasteiger partial charge < -0.3 is 5.32 Å². The summed E-state index contributed by atoms with van der Waals surface area (Å²) in [5.41, 5.74) is 1.04. The molecule has 82 valence electrons. The molecule has 0 unspecified atom stereocenters. The summed E-state index contributed by atoms with van der Waals surface area (Å²) in [6.45, 7) is 0.670. The van der Waals surface area contributed by atoms with Gasteiger partial charge in [-0.05, 0) is 5.56 Å². The second-order valence-electron chi connectivity index (χ2n) is 3.04. The summed E-state index contributed by atoms with van der Waals surface area (Å²) in [6, 6.07) is 9.61. The lowest BCUT2D eigenvalue weighted by molar-refractivity contribution is -0.116. The van der Waals surface area contributed by atoms with Gasteiger partial charge in [0.2, 0.25) is 12.0 Å². The maximum absolute atomic E-state index is 11.2. The molecule has 0 aliphatic carbocycles. The highest BCUT2D eigenvalue weighted by Gasteiger charge is 1.94. The van der Waals surface area contributed by atoms with Crippen molar-refractivity contribution in [3.63, 3.8) is 0 Å². The van der Waals surface area contributed by atoms with Crippen LogP contribution in [0.1, 0.15) is 5.56 Å². The van der Waals surface area contributed by atoms with E-state index in [0.717, 1.165) is 5.56 Å². The van der Waals surface area contributed by atoms with Gasteiger partial charge in [-0.25, -0.2) is 9.79 Å². The summed E-state index contributed by atoms with van der Waals surface area (Å²) in [6.07, 6.45) is 4.25. The number of carbonyl (C=O) groups is 1. The number of hydrogen-bond acceptors (Lipinski definition) is 3. The molecule has 0 aliphatic rings. The molecule has 1 rings (SSSR count). The average molecular weight is 216 g/mol. The highest BCUT2D eigenvalue weighted by molar-refractivity contribution is 5.87. The first-order valence-electron chi connectivity index (χ1n) is 4.85. The standard InChI is InChI=1S/C12H12N2O2/c15-10-13-8-4-7-12(16)14-9-11-5-2-1-3-6-11/h1-7H,8-9H2,(H,14,16). The topological polar surface area (TPSA) is 58.5 Å². The van der Waals surface area contributed by atoms with Crippen LogP contribution in [0.5, 0.6) is 0 Å². The zero-order valence-electron chi connectivity index (χ0n) is 8.72. The molecule has 4 nitrogen and oxygen atoms in total. The fraction of sp³-hybridized carbons (Fsp3) is 0.167. The van der Waals surface area contributed by atoms with Crippen molar-refractivity contribution >= 4 is 12.0 Å². The van der Waals surface area contributed by atoms with Gasteiger partial charge in [-0.2, -0.15) is 0 Å². The SMILES string of the molecule is O=C=NCC=CC(=O)NCc1ccccc1. The van der Waals surface area contributed by atoms with E-state index in [4.69, 9.17) is 0 Å². The fourth-order valence-corrected chi connectivity index (χ4v) is 1.09. The maximum atomic E-state index is 11.2. The summed E-state index contributed by atoms with van der Waals surface area (Å²) in [4.78, 5) is 24.3. The predicted molar refractivity (Wildman–Crippen MR) is 60.4 cm³/mol. The number of aliphatic imine (C=N–C) groups is 1. The van der Waals surface area contributed by atoms with E-state index in [1.165, 1.54) is 18.2 Å². The number of nitrogens with zero attached hydrogens (tertiary/aromatic N) is 1. The summed E-state index contributed by atoms with van der Waals surface area (Å²) >= 11 is 0. The third kappa shape index (κ3) is 4.88. The van der Waals surface area contributed by atoms with Gasteiger partial charge in [-0.3, -0.25) is 4.79 Å². The Morgan fingerprint density at radius 2 is 2.12 bits per heavy atom. The summed E-state index contributed by atoms with van der Waals surface area (Å²) in [5, 5.41) is 2.71. The molecule has 1 N–H and O–H groups in total. The molecular formula is C12H12N2O2. The molecule has 0 aliphatic heterocycles. The monoisotopic (exact) mass is 216 g/mol. The Bertz CT molecular complexity index is 406. The zero-order chi connectivity index (χ0) is 11.6. The highest BCUT2D eigenvalue weighted by atomic mass is 16.1. The number of hydrogen-bond donors (Lipinski definition) is 1. The largest absolute Gasteiger partial charge is 0.348 e. The number of benzene rings is 1. The first kappa shape index (κ1) is 11.9. The van der Waals surface area contributed by atoms with E-state index < -0.39 is 0 Å². The molecular weight excluding hydrogens is 204 g/mol. The van der Waals surface area contributed by atoms with E-state index in [1.807, 2.05) is 30.3 Å². The molecule has 1 aromatic rings. The Balaban J connectivity index is 2.30. The Kier molecular flexibility index (Phi) is 5.31. The van der Waals surface area contributed by atoms with Crippen molar-refractivity contribution in [3.05, 3.63) is 48.0 Å². The van der Waals surface area contributed by atoms with Crippen molar-refractivity contribution < 1.29 is 9.59 Å². The summed E-state index contributed by atoms with van der Waals surface area (Å²) in [5.74, 6) is -0.204. The number of amides is 1. The smallest absolute Gasteiger partial charge is 0.243 e. The number of carbonyl (C=O) groups excluding carboxylic acids is 2. The maximum Gasteiger partial charge on any atom is 0.243 e. The van der Waals surface area contributed by atoms with Crippen LogP contribution in [0, 0.1) is 0 Å². The third-order valence-corrected chi connectivity index (χ3v) is 1.84. The van der Waals surface area contributed by atoms with Crippen molar-refractivity contribution in [2.45, 2.75) is 6.54 Å². The lowest BCUT2D eigenvalue weighted by atomic mass is 10.2. The van der Waals surface area contributed by atoms with Crippen LogP contribution < -0.4 is 5.32 Å². The van der Waals surface area contributed by atoms with Crippen LogP contribution in [-0.4, -0.2) is 18.5 Å². The highest BCUT2D eigenvalue weighted by Crippen LogP contribution is 1.96. The molecule has 1 amide bonds. The van der Waals surface area contributed by atoms with E-state index in [1.54, 1.807) is 0 Å². The molecule has 0 radical (unpaired) electrons. The molecule has 0 saturated heterocycles. The Morgan fingerprint density at radius 1 is 1.38 bits per heavy atom. The minimum absolute atomic E-state index is 0.183. The molecule has 0 saturated carbocycles. The number of nitrogens with one attached hydrogen (secondary N) is 1. The van der Waals surface area contributed by atoms with Crippen LogP contribution in [0.25, 0.3) is 0 Å². The van der Waals surface area contributed by atoms with E-state index >= 15 is 0 Å². The number of rotatable bonds is 5. The van der Waals surface area contributed by atoms with Crippen LogP contribution in [0.4, 0.5) is 0 Å². The van der Waals surface area contributed by atoms with Gasteiger partial charge >= 0.3 is 0 Å². The summed E-state index contributed by atoms with van der Waals surface area (Å²) in [7, 11) is 0. The Hall–Kier alpha value is -2.19. The fourth-order valence-electron chi connectivity index (χ4n) is 1.09. The molecule has 0 spiro atoms. The van der Waals surface area contributed by atoms with Crippen molar-refractivity contribution in [3.8, 4) is 0 Å². The Morgan fingerprint density at radius 3 is 2.81 bits per heavy atom. The molecule has 1 aromatic carbocycles. The minimum Gasteiger partial charge on any atom is -0.348 e. The lowest BCUT2D eigenvalue weighted by Crippen LogP contribution is -2.20. The second-order valence-corrected chi connectivity index (χ2v) is 3.04. The normalized spacial score (nSPS) is 9.75. The van der Waals surface area contributed by atoms with E-state index in [9.17, 15) is 9.59 Å². The zero-order valence-corrected chi connectivity index (χ0v) is 8.72. The molecule has 0 fully saturated rings. The van der Waals surface area contributed by atoms with Crippen LogP contribution in [0.15, 0.2) is 47.5 Å². The lowest BCUT2D eigenvalue weighted by Gasteiger charge is -2.01. The summed E-state index contributed by atoms with van der Waals surface area (Å²) < 4.78 is 0. The second kappa shape index (κ2) is 7.15. The Labute approximate surface area is 93.7 Å². The molecule has 0 aromatic heterocycles. The van der Waals surface area contributed by atoms with Crippen molar-refractivity contribution in [2.24, 2.45) is 4.99 Å². The van der Waals surface area contributed by atoms with Crippen molar-refractivity contribution in [1.82, 2.24) is 5.32 Å². The molecule has 16 heavy (non-hydrogen) atoms. The quantitative estimate of drug-likeness (QED) is 0.456. The number of isocyanates is 1. The van der Waals surface area contributed by atoms with Crippen molar-refractivity contribution in [2.75, 3.05) is 6.54 Å². The third-order valence-electron chi connectivity index (χ3n) is 1.84. The van der Waals surface area contributed by atoms with Crippen LogP contribution in [0.3, 0.4) is 0 Å². The molecule has 0 heterocycles. The van der Waals surface area contributed by atoms with Crippen LogP contribution in [-0.2, 0) is 16.1 Å². The predicted octanol–water partition coefficient (Wildman–Crippen LogP) is 1.19. The van der Waals surface area contributed by atoms with Crippen LogP contribution >= 0.6 is 0 Å². The van der Waals surface area contributed by atoms with Gasteiger partial charge in [0, 0.05) is 12.6 Å². The van der Waals surface area contributed by atoms with Gasteiger partial charge in [0.05, 0.1) is 6.54 Å². The van der Waals surface area contributed by atoms with E-state index in [2.05, 4.69) is 10.3 Å². The van der Waals surface area contributed by atoms with Gasteiger partial charge in [0.25, 0.3) is 0 Å². The first-order chi connectivity index (χ1) is 7.83. The van der Waals surface area contributed by atoms with Crippen molar-refractivity contribution in [1.29, 1.82) is 0 Å². The first-order valence-corrected chi connectivity index (χ1v) is 4.85. The minimum atomic E-state index is -0.204. The van der Waals surface area contributed by atoms with E-state index in [-0.39, 0.29) is 12.5 Å².